The molecular weight excluding hydrogens is 268 g/mol. The van der Waals surface area contributed by atoms with Gasteiger partial charge in [0.15, 0.2) is 0 Å². The Morgan fingerprint density at radius 3 is 2.76 bits per heavy atom. The van der Waals surface area contributed by atoms with Crippen LogP contribution in [-0.2, 0) is 11.2 Å². The maximum absolute atomic E-state index is 12.5. The summed E-state index contributed by atoms with van der Waals surface area (Å²) in [5.74, 6) is 0.0240. The van der Waals surface area contributed by atoms with Crippen LogP contribution in [0.1, 0.15) is 18.5 Å². The number of aliphatic hydroxyl groups excluding tert-OH is 1. The molecular formula is C15H24N4O2. The quantitative estimate of drug-likeness (QED) is 0.805. The van der Waals surface area contributed by atoms with Gasteiger partial charge in [0.25, 0.3) is 0 Å². The van der Waals surface area contributed by atoms with E-state index in [1.165, 1.54) is 0 Å². The molecule has 21 heavy (non-hydrogen) atoms. The Bertz CT molecular complexity index is 455. The van der Waals surface area contributed by atoms with Crippen molar-refractivity contribution in [2.75, 3.05) is 39.0 Å². The summed E-state index contributed by atoms with van der Waals surface area (Å²) in [6.45, 7) is 2.36. The van der Waals surface area contributed by atoms with Gasteiger partial charge in [-0.15, -0.1) is 0 Å². The lowest BCUT2D eigenvalue weighted by Crippen LogP contribution is -2.48. The maximum Gasteiger partial charge on any atom is 0.228 e. The zero-order valence-corrected chi connectivity index (χ0v) is 12.5. The number of aliphatic hydroxyl groups is 1. The van der Waals surface area contributed by atoms with Gasteiger partial charge in [0.1, 0.15) is 0 Å². The highest BCUT2D eigenvalue weighted by molar-refractivity contribution is 5.78. The summed E-state index contributed by atoms with van der Waals surface area (Å²) in [6.07, 6.45) is 3.73. The predicted octanol–water partition coefficient (Wildman–Crippen LogP) is 0.121. The number of hydrogen-bond donors (Lipinski definition) is 2. The van der Waals surface area contributed by atoms with E-state index in [1.54, 1.807) is 18.3 Å². The highest BCUT2D eigenvalue weighted by Crippen LogP contribution is 2.16. The van der Waals surface area contributed by atoms with E-state index in [0.717, 1.165) is 25.9 Å². The van der Waals surface area contributed by atoms with E-state index in [1.807, 2.05) is 4.90 Å². The number of rotatable bonds is 5. The molecule has 0 saturated carbocycles. The third kappa shape index (κ3) is 4.41. The van der Waals surface area contributed by atoms with E-state index in [9.17, 15) is 9.90 Å². The second-order valence-electron chi connectivity index (χ2n) is 5.60. The molecule has 0 aromatic carbocycles. The van der Waals surface area contributed by atoms with Crippen LogP contribution in [0.25, 0.3) is 0 Å². The molecule has 1 aromatic rings. The third-order valence-electron chi connectivity index (χ3n) is 3.97. The minimum atomic E-state index is -0.00670. The average Bonchev–Trinajstić information content (AvgIpc) is 2.48. The number of nitrogens with zero attached hydrogens (tertiary/aromatic N) is 3. The number of aromatic nitrogens is 1. The lowest BCUT2D eigenvalue weighted by atomic mass is 10.0. The van der Waals surface area contributed by atoms with Crippen LogP contribution >= 0.6 is 0 Å². The van der Waals surface area contributed by atoms with Crippen LogP contribution in [0.5, 0.6) is 0 Å². The lowest BCUT2D eigenvalue weighted by Gasteiger charge is -2.37. The Balaban J connectivity index is 1.99. The molecule has 1 aromatic heterocycles. The molecule has 6 heteroatoms. The first-order valence-corrected chi connectivity index (χ1v) is 7.39. The fraction of sp³-hybridized carbons (Fsp3) is 0.600. The molecule has 3 N–H and O–H groups in total. The Labute approximate surface area is 125 Å². The van der Waals surface area contributed by atoms with Crippen LogP contribution in [0.15, 0.2) is 18.3 Å². The zero-order chi connectivity index (χ0) is 15.2. The van der Waals surface area contributed by atoms with E-state index >= 15 is 0 Å². The molecule has 1 aliphatic heterocycles. The van der Waals surface area contributed by atoms with Crippen molar-refractivity contribution >= 4 is 11.6 Å². The zero-order valence-electron chi connectivity index (χ0n) is 12.5. The fourth-order valence-corrected chi connectivity index (χ4v) is 2.72. The molecule has 6 nitrogen and oxygen atoms in total. The normalized spacial score (nSPS) is 16.9. The summed E-state index contributed by atoms with van der Waals surface area (Å²) >= 11 is 0. The number of nitrogens with two attached hydrogens (primary N) is 1. The van der Waals surface area contributed by atoms with Crippen molar-refractivity contribution < 1.29 is 9.90 Å². The van der Waals surface area contributed by atoms with Crippen molar-refractivity contribution in [3.8, 4) is 0 Å². The second-order valence-corrected chi connectivity index (χ2v) is 5.60. The van der Waals surface area contributed by atoms with Gasteiger partial charge in [-0.05, 0) is 45.1 Å². The molecule has 2 heterocycles. The largest absolute Gasteiger partial charge is 0.397 e. The van der Waals surface area contributed by atoms with Gasteiger partial charge >= 0.3 is 0 Å². The summed E-state index contributed by atoms with van der Waals surface area (Å²) in [7, 11) is 2.09. The molecule has 116 valence electrons. The van der Waals surface area contributed by atoms with Gasteiger partial charge in [0.2, 0.25) is 5.91 Å². The molecule has 1 saturated heterocycles. The number of nitrogen functional groups attached to an aromatic ring is 1. The Morgan fingerprint density at radius 1 is 1.48 bits per heavy atom. The molecule has 1 aliphatic rings. The minimum Gasteiger partial charge on any atom is -0.397 e. The number of piperidine rings is 1. The average molecular weight is 292 g/mol. The van der Waals surface area contributed by atoms with Crippen LogP contribution in [0.4, 0.5) is 5.69 Å². The highest BCUT2D eigenvalue weighted by atomic mass is 16.3. The standard InChI is InChI=1S/C15H24N4O2/c1-18-6-4-14(5-7-18)19(8-9-20)15(21)10-13-3-2-12(16)11-17-13/h2-3,11,14,20H,4-10,16H2,1H3. The molecule has 1 fully saturated rings. The third-order valence-corrected chi connectivity index (χ3v) is 3.97. The second kappa shape index (κ2) is 7.38. The molecule has 0 radical (unpaired) electrons. The SMILES string of the molecule is CN1CCC(N(CCO)C(=O)Cc2ccc(N)cn2)CC1. The van der Waals surface area contributed by atoms with E-state index in [-0.39, 0.29) is 25.0 Å². The van der Waals surface area contributed by atoms with Crippen LogP contribution in [-0.4, -0.2) is 65.1 Å². The van der Waals surface area contributed by atoms with Crippen molar-refractivity contribution in [2.24, 2.45) is 0 Å². The van der Waals surface area contributed by atoms with Gasteiger partial charge in [-0.2, -0.15) is 0 Å². The fourth-order valence-electron chi connectivity index (χ4n) is 2.72. The van der Waals surface area contributed by atoms with Gasteiger partial charge < -0.3 is 20.6 Å². The molecule has 1 amide bonds. The van der Waals surface area contributed by atoms with Gasteiger partial charge in [-0.1, -0.05) is 0 Å². The number of hydrogen-bond acceptors (Lipinski definition) is 5. The highest BCUT2D eigenvalue weighted by Gasteiger charge is 2.26. The maximum atomic E-state index is 12.5. The monoisotopic (exact) mass is 292 g/mol. The Hall–Kier alpha value is -1.66. The summed E-state index contributed by atoms with van der Waals surface area (Å²) in [6, 6.07) is 3.75. The number of pyridine rings is 1. The van der Waals surface area contributed by atoms with Crippen molar-refractivity contribution in [3.05, 3.63) is 24.0 Å². The minimum absolute atomic E-state index is 0.00670. The molecule has 0 spiro atoms. The van der Waals surface area contributed by atoms with Gasteiger partial charge in [0, 0.05) is 18.3 Å². The number of anilines is 1. The van der Waals surface area contributed by atoms with Gasteiger partial charge in [-0.3, -0.25) is 9.78 Å². The number of likely N-dealkylation sites (tertiary alicyclic amines) is 1. The van der Waals surface area contributed by atoms with Crippen LogP contribution < -0.4 is 5.73 Å². The van der Waals surface area contributed by atoms with Crippen LogP contribution in [0.3, 0.4) is 0 Å². The first-order chi connectivity index (χ1) is 10.1. The van der Waals surface area contributed by atoms with Crippen molar-refractivity contribution in [2.45, 2.75) is 25.3 Å². The summed E-state index contributed by atoms with van der Waals surface area (Å²) in [5, 5.41) is 9.23. The Morgan fingerprint density at radius 2 is 2.19 bits per heavy atom. The topological polar surface area (TPSA) is 82.7 Å². The predicted molar refractivity (Wildman–Crippen MR) is 81.7 cm³/mol. The number of carbonyl (C=O) groups excluding carboxylic acids is 1. The lowest BCUT2D eigenvalue weighted by molar-refractivity contribution is -0.134. The first kappa shape index (κ1) is 15.7. The van der Waals surface area contributed by atoms with E-state index in [2.05, 4.69) is 16.9 Å². The van der Waals surface area contributed by atoms with Crippen molar-refractivity contribution in [1.82, 2.24) is 14.8 Å². The van der Waals surface area contributed by atoms with Gasteiger partial charge in [0.05, 0.1) is 24.9 Å². The molecule has 0 unspecified atom stereocenters. The summed E-state index contributed by atoms with van der Waals surface area (Å²) in [4.78, 5) is 20.7. The first-order valence-electron chi connectivity index (χ1n) is 7.39. The van der Waals surface area contributed by atoms with Crippen molar-refractivity contribution in [3.63, 3.8) is 0 Å². The number of carbonyl (C=O) groups is 1. The summed E-state index contributed by atoms with van der Waals surface area (Å²) in [5.41, 5.74) is 6.90. The smallest absolute Gasteiger partial charge is 0.228 e. The molecule has 0 aliphatic carbocycles. The van der Waals surface area contributed by atoms with Gasteiger partial charge in [-0.25, -0.2) is 0 Å². The summed E-state index contributed by atoms with van der Waals surface area (Å²) < 4.78 is 0. The molecule has 0 atom stereocenters. The van der Waals surface area contributed by atoms with Crippen molar-refractivity contribution in [1.29, 1.82) is 0 Å². The molecule has 2 rings (SSSR count). The van der Waals surface area contributed by atoms with E-state index < -0.39 is 0 Å². The molecule has 0 bridgehead atoms. The van der Waals surface area contributed by atoms with Crippen LogP contribution in [0, 0.1) is 0 Å². The van der Waals surface area contributed by atoms with Crippen LogP contribution in [0.2, 0.25) is 0 Å². The van der Waals surface area contributed by atoms with E-state index in [4.69, 9.17) is 5.73 Å². The van der Waals surface area contributed by atoms with E-state index in [0.29, 0.717) is 17.9 Å². The Kier molecular flexibility index (Phi) is 5.52. The number of amides is 1.